The molecule has 1 rings (SSSR count). The summed E-state index contributed by atoms with van der Waals surface area (Å²) in [5.74, 6) is 0.911. The summed E-state index contributed by atoms with van der Waals surface area (Å²) in [5.41, 5.74) is 0. The second kappa shape index (κ2) is 10.7. The Labute approximate surface area is 157 Å². The maximum atomic E-state index is 13.7. The van der Waals surface area contributed by atoms with Crippen LogP contribution in [0.1, 0.15) is 48.0 Å². The van der Waals surface area contributed by atoms with E-state index in [-0.39, 0.29) is 4.41 Å². The summed E-state index contributed by atoms with van der Waals surface area (Å²) in [6.07, 6.45) is 3.89. The molecule has 0 unspecified atom stereocenters. The molecule has 3 nitrogen and oxygen atoms in total. The van der Waals surface area contributed by atoms with Gasteiger partial charge in [-0.15, -0.1) is 0 Å². The van der Waals surface area contributed by atoms with Crippen molar-refractivity contribution in [2.45, 2.75) is 48.0 Å². The van der Waals surface area contributed by atoms with Crippen molar-refractivity contribution in [3.05, 3.63) is 19.8 Å². The Hall–Kier alpha value is 0.646. The Morgan fingerprint density at radius 3 is 1.67 bits per heavy atom. The van der Waals surface area contributed by atoms with Crippen LogP contribution in [0.2, 0.25) is 0 Å². The molecule has 0 heterocycles. The van der Waals surface area contributed by atoms with Gasteiger partial charge >= 0.3 is 158 Å². The van der Waals surface area contributed by atoms with E-state index < -0.39 is 36.9 Å². The average Bonchev–Trinajstić information content (AvgIpc) is 2.96. The van der Waals surface area contributed by atoms with E-state index in [2.05, 4.69) is 41.5 Å². The summed E-state index contributed by atoms with van der Waals surface area (Å²) < 4.78 is 46.9. The summed E-state index contributed by atoms with van der Waals surface area (Å²) in [5, 5.41) is 0. The minimum atomic E-state index is -4.41. The van der Waals surface area contributed by atoms with Gasteiger partial charge in [-0.3, -0.25) is 0 Å². The van der Waals surface area contributed by atoms with Crippen molar-refractivity contribution < 1.29 is 37.0 Å². The van der Waals surface area contributed by atoms with Crippen LogP contribution in [0.15, 0.2) is 19.8 Å². The molecule has 0 spiro atoms. The monoisotopic (exact) mass is 486 g/mol. The van der Waals surface area contributed by atoms with E-state index in [1.165, 1.54) is 0 Å². The van der Waals surface area contributed by atoms with Crippen LogP contribution in [0.3, 0.4) is 0 Å². The molecule has 24 heavy (non-hydrogen) atoms. The number of hydrogen-bond donors (Lipinski definition) is 0. The number of allylic oxidation sites excluding steroid dienone is 4. The fraction of sp³-hybridized carbons (Fsp3) is 0.765. The van der Waals surface area contributed by atoms with Crippen LogP contribution in [0, 0.1) is 17.8 Å². The molecular formula is C17H32F2GeO3Zr. The van der Waals surface area contributed by atoms with Crippen LogP contribution in [0.4, 0.5) is 7.00 Å². The zero-order valence-electron chi connectivity index (χ0n) is 15.8. The van der Waals surface area contributed by atoms with Crippen LogP contribution in [0.25, 0.3) is 0 Å². The van der Waals surface area contributed by atoms with E-state index in [4.69, 9.17) is 8.44 Å². The van der Waals surface area contributed by atoms with Crippen molar-refractivity contribution in [1.82, 2.24) is 0 Å². The molecule has 0 saturated carbocycles. The molecule has 0 amide bonds. The third kappa shape index (κ3) is 7.10. The molecule has 0 fully saturated rings. The van der Waals surface area contributed by atoms with Gasteiger partial charge in [0.15, 0.2) is 0 Å². The molecular weight excluding hydrogens is 454 g/mol. The van der Waals surface area contributed by atoms with Gasteiger partial charge in [0.2, 0.25) is 0 Å². The van der Waals surface area contributed by atoms with Crippen molar-refractivity contribution in [2.75, 3.05) is 19.8 Å². The van der Waals surface area contributed by atoms with Crippen LogP contribution < -0.4 is 0 Å². The molecule has 0 atom stereocenters. The predicted octanol–water partition coefficient (Wildman–Crippen LogP) is 4.82. The zero-order valence-corrected chi connectivity index (χ0v) is 20.7. The Kier molecular flexibility index (Phi) is 10.1. The van der Waals surface area contributed by atoms with E-state index in [1.807, 2.05) is 6.08 Å². The molecule has 0 aromatic carbocycles. The third-order valence-corrected chi connectivity index (χ3v) is 14.1. The van der Waals surface area contributed by atoms with Crippen LogP contribution in [-0.2, 0) is 30.0 Å². The molecule has 0 N–H and O–H groups in total. The molecule has 1 aliphatic rings. The Bertz CT molecular complexity index is 420. The summed E-state index contributed by atoms with van der Waals surface area (Å²) in [6, 6.07) is 0. The van der Waals surface area contributed by atoms with Crippen molar-refractivity contribution in [1.29, 1.82) is 0 Å². The van der Waals surface area contributed by atoms with Gasteiger partial charge in [-0.2, -0.15) is 0 Å². The molecule has 0 bridgehead atoms. The number of hydrogen-bond acceptors (Lipinski definition) is 3. The van der Waals surface area contributed by atoms with Gasteiger partial charge in [-0.05, 0) is 0 Å². The van der Waals surface area contributed by atoms with Gasteiger partial charge in [0.05, 0.1) is 0 Å². The third-order valence-electron chi connectivity index (χ3n) is 3.39. The van der Waals surface area contributed by atoms with Crippen molar-refractivity contribution in [2.24, 2.45) is 17.8 Å². The van der Waals surface area contributed by atoms with Gasteiger partial charge in [0, 0.05) is 0 Å². The standard InChI is InChI=1S/C5H5F2Ge.3C4H9O.Zr/c6-8(7)5-3-1-2-4-5;3*1-4(2)3-5;/h1,3,8H,2H2;3*4H,3H2,1-2H3;/q;3*-1;+3. The van der Waals surface area contributed by atoms with Crippen molar-refractivity contribution in [3.8, 4) is 0 Å². The van der Waals surface area contributed by atoms with Gasteiger partial charge in [0.1, 0.15) is 0 Å². The molecule has 1 aliphatic carbocycles. The van der Waals surface area contributed by atoms with Crippen LogP contribution >= 0.6 is 0 Å². The van der Waals surface area contributed by atoms with Gasteiger partial charge in [-0.25, -0.2) is 0 Å². The quantitative estimate of drug-likeness (QED) is 0.393. The topological polar surface area (TPSA) is 27.7 Å². The second-order valence-corrected chi connectivity index (χ2v) is 16.4. The first-order valence-electron chi connectivity index (χ1n) is 8.78. The van der Waals surface area contributed by atoms with E-state index in [0.717, 1.165) is 0 Å². The predicted molar refractivity (Wildman–Crippen MR) is 92.5 cm³/mol. The normalized spacial score (nSPS) is 15.8. The minimum absolute atomic E-state index is 0.231. The molecule has 140 valence electrons. The summed E-state index contributed by atoms with van der Waals surface area (Å²) in [7, 11) is 0. The molecule has 7 heteroatoms. The fourth-order valence-electron chi connectivity index (χ4n) is 2.24. The Morgan fingerprint density at radius 1 is 0.917 bits per heavy atom. The van der Waals surface area contributed by atoms with Crippen molar-refractivity contribution in [3.63, 3.8) is 0 Å². The van der Waals surface area contributed by atoms with Gasteiger partial charge in [0.25, 0.3) is 0 Å². The second-order valence-electron chi connectivity index (χ2n) is 7.51. The number of halogens is 2. The zero-order chi connectivity index (χ0) is 18.3. The van der Waals surface area contributed by atoms with Crippen LogP contribution in [0.5, 0.6) is 0 Å². The summed E-state index contributed by atoms with van der Waals surface area (Å²) in [4.78, 5) is 0. The Morgan fingerprint density at radius 2 is 1.33 bits per heavy atom. The first-order chi connectivity index (χ1) is 11.2. The average molecular weight is 486 g/mol. The van der Waals surface area contributed by atoms with E-state index >= 15 is 0 Å². The summed E-state index contributed by atoms with van der Waals surface area (Å²) >= 11 is -8.63. The first kappa shape index (κ1) is 22.7. The molecule has 0 aromatic heterocycles. The van der Waals surface area contributed by atoms with Gasteiger partial charge in [-0.1, -0.05) is 0 Å². The molecule has 0 saturated heterocycles. The van der Waals surface area contributed by atoms with E-state index in [1.54, 1.807) is 6.08 Å². The fourth-order valence-corrected chi connectivity index (χ4v) is 15.2. The molecule has 0 aliphatic heterocycles. The Balaban J connectivity index is 3.18. The molecule has 0 aromatic rings. The van der Waals surface area contributed by atoms with E-state index in [0.29, 0.717) is 47.3 Å². The van der Waals surface area contributed by atoms with Gasteiger partial charge < -0.3 is 0 Å². The molecule has 0 radical (unpaired) electrons. The van der Waals surface area contributed by atoms with E-state index in [9.17, 15) is 7.00 Å². The SMILES string of the molecule is CC(C)C[O][Zr]([O]CC(C)C)([O]CC(C)C)[C]1=[C]([GeH]([F])[F])C=CC1. The first-order valence-corrected chi connectivity index (χ1v) is 16.1. The summed E-state index contributed by atoms with van der Waals surface area (Å²) in [6.45, 7) is 13.8. The number of rotatable bonds is 11. The maximum absolute atomic E-state index is 13.7. The van der Waals surface area contributed by atoms with Crippen LogP contribution in [-0.4, -0.2) is 35.1 Å². The van der Waals surface area contributed by atoms with Crippen molar-refractivity contribution >= 4 is 15.3 Å².